The summed E-state index contributed by atoms with van der Waals surface area (Å²) in [4.78, 5) is 19.6. The van der Waals surface area contributed by atoms with Crippen LogP contribution in [0, 0.1) is 0 Å². The van der Waals surface area contributed by atoms with Crippen molar-refractivity contribution in [2.45, 2.75) is 52.0 Å². The summed E-state index contributed by atoms with van der Waals surface area (Å²) in [5.74, 6) is 2.69. The van der Waals surface area contributed by atoms with Gasteiger partial charge in [0.25, 0.3) is 0 Å². The topological polar surface area (TPSA) is 47.4 Å². The molecule has 5 nitrogen and oxygen atoms in total. The van der Waals surface area contributed by atoms with Gasteiger partial charge in [-0.05, 0) is 23.6 Å². The number of imidazole rings is 1. The van der Waals surface area contributed by atoms with E-state index in [1.54, 1.807) is 7.11 Å². The lowest BCUT2D eigenvalue weighted by molar-refractivity contribution is -0.132. The van der Waals surface area contributed by atoms with Gasteiger partial charge in [-0.3, -0.25) is 4.79 Å². The molecule has 0 bridgehead atoms. The largest absolute Gasteiger partial charge is 0.497 e. The van der Waals surface area contributed by atoms with Gasteiger partial charge in [0.2, 0.25) is 5.91 Å². The molecule has 0 spiro atoms. The Morgan fingerprint density at radius 3 is 2.77 bits per heavy atom. The molecule has 26 heavy (non-hydrogen) atoms. The van der Waals surface area contributed by atoms with Crippen LogP contribution in [0.25, 0.3) is 0 Å². The normalized spacial score (nSPS) is 15.1. The van der Waals surface area contributed by atoms with Gasteiger partial charge in [-0.25, -0.2) is 4.98 Å². The maximum Gasteiger partial charge on any atom is 0.223 e. The van der Waals surface area contributed by atoms with Crippen LogP contribution in [-0.2, 0) is 24.8 Å². The molecule has 2 aromatic rings. The Labute approximate surface area is 156 Å². The van der Waals surface area contributed by atoms with Crippen LogP contribution < -0.4 is 4.74 Å². The van der Waals surface area contributed by atoms with E-state index in [1.807, 2.05) is 23.1 Å². The van der Waals surface area contributed by atoms with Crippen LogP contribution in [0.5, 0.6) is 5.75 Å². The van der Waals surface area contributed by atoms with Crippen LogP contribution in [-0.4, -0.2) is 34.0 Å². The molecule has 140 valence electrons. The second-order valence-electron chi connectivity index (χ2n) is 7.52. The summed E-state index contributed by atoms with van der Waals surface area (Å²) in [7, 11) is 3.75. The second kappa shape index (κ2) is 7.52. The van der Waals surface area contributed by atoms with Gasteiger partial charge in [0.15, 0.2) is 0 Å². The predicted molar refractivity (Wildman–Crippen MR) is 102 cm³/mol. The molecule has 1 aromatic heterocycles. The molecule has 1 aliphatic heterocycles. The minimum atomic E-state index is 0.161. The number of aromatic nitrogens is 2. The molecule has 1 aliphatic rings. The van der Waals surface area contributed by atoms with Gasteiger partial charge in [0.1, 0.15) is 11.6 Å². The molecular weight excluding hydrogens is 326 g/mol. The van der Waals surface area contributed by atoms with E-state index in [0.29, 0.717) is 18.9 Å². The fourth-order valence-corrected chi connectivity index (χ4v) is 3.74. The van der Waals surface area contributed by atoms with Crippen LogP contribution in [0.15, 0.2) is 24.3 Å². The first-order chi connectivity index (χ1) is 12.4. The highest BCUT2D eigenvalue weighted by Crippen LogP contribution is 2.27. The number of hydrogen-bond donors (Lipinski definition) is 0. The molecule has 3 rings (SSSR count). The van der Waals surface area contributed by atoms with Crippen molar-refractivity contribution in [2.75, 3.05) is 13.7 Å². The van der Waals surface area contributed by atoms with E-state index in [0.717, 1.165) is 35.8 Å². The van der Waals surface area contributed by atoms with Gasteiger partial charge >= 0.3 is 0 Å². The number of nitrogens with zero attached hydrogens (tertiary/aromatic N) is 3. The number of fused-ring (bicyclic) bond motifs is 1. The first-order valence-electron chi connectivity index (χ1n) is 9.36. The highest BCUT2D eigenvalue weighted by molar-refractivity contribution is 5.77. The second-order valence-corrected chi connectivity index (χ2v) is 7.52. The van der Waals surface area contributed by atoms with Crippen molar-refractivity contribution in [3.05, 3.63) is 47.0 Å². The van der Waals surface area contributed by atoms with Gasteiger partial charge in [0.05, 0.1) is 19.3 Å². The number of amides is 1. The van der Waals surface area contributed by atoms with E-state index in [1.165, 1.54) is 5.69 Å². The average molecular weight is 355 g/mol. The van der Waals surface area contributed by atoms with Crippen LogP contribution in [0.1, 0.15) is 61.8 Å². The number of methoxy groups -OCH3 is 1. The zero-order valence-electron chi connectivity index (χ0n) is 16.5. The molecule has 1 unspecified atom stereocenters. The Kier molecular flexibility index (Phi) is 5.35. The highest BCUT2D eigenvalue weighted by atomic mass is 16.5. The Morgan fingerprint density at radius 2 is 2.08 bits per heavy atom. The van der Waals surface area contributed by atoms with Gasteiger partial charge in [0, 0.05) is 38.0 Å². The van der Waals surface area contributed by atoms with Crippen molar-refractivity contribution >= 4 is 5.91 Å². The smallest absolute Gasteiger partial charge is 0.223 e. The van der Waals surface area contributed by atoms with Crippen molar-refractivity contribution in [3.63, 3.8) is 0 Å². The van der Waals surface area contributed by atoms with Crippen molar-refractivity contribution in [1.29, 1.82) is 0 Å². The van der Waals surface area contributed by atoms with Crippen molar-refractivity contribution in [1.82, 2.24) is 14.5 Å². The number of carbonyl (C=O) groups is 1. The Hall–Kier alpha value is -2.30. The van der Waals surface area contributed by atoms with E-state index >= 15 is 0 Å². The van der Waals surface area contributed by atoms with E-state index in [2.05, 4.69) is 38.5 Å². The minimum absolute atomic E-state index is 0.161. The molecule has 5 heteroatoms. The molecule has 1 amide bonds. The van der Waals surface area contributed by atoms with E-state index in [9.17, 15) is 4.79 Å². The highest BCUT2D eigenvalue weighted by Gasteiger charge is 2.27. The molecule has 0 radical (unpaired) electrons. The Morgan fingerprint density at radius 1 is 1.31 bits per heavy atom. The lowest BCUT2D eigenvalue weighted by atomic mass is 9.96. The summed E-state index contributed by atoms with van der Waals surface area (Å²) in [5, 5.41) is 0. The quantitative estimate of drug-likeness (QED) is 0.823. The molecule has 1 aromatic carbocycles. The zero-order chi connectivity index (χ0) is 18.8. The fourth-order valence-electron chi connectivity index (χ4n) is 3.74. The SMILES string of the molecule is COc1cccc(C(C)CC(=O)N2CCc3c(nc(C(C)C)n3C)C2)c1. The first-order valence-corrected chi connectivity index (χ1v) is 9.36. The van der Waals surface area contributed by atoms with E-state index < -0.39 is 0 Å². The molecule has 0 N–H and O–H groups in total. The zero-order valence-corrected chi connectivity index (χ0v) is 16.5. The Balaban J connectivity index is 1.68. The van der Waals surface area contributed by atoms with Crippen molar-refractivity contribution < 1.29 is 9.53 Å². The molecule has 0 aliphatic carbocycles. The predicted octanol–water partition coefficient (Wildman–Crippen LogP) is 3.63. The van der Waals surface area contributed by atoms with Crippen molar-refractivity contribution in [3.8, 4) is 5.75 Å². The summed E-state index contributed by atoms with van der Waals surface area (Å²) in [6.07, 6.45) is 1.39. The maximum atomic E-state index is 12.8. The first kappa shape index (κ1) is 18.5. The van der Waals surface area contributed by atoms with Crippen LogP contribution in [0.4, 0.5) is 0 Å². The van der Waals surface area contributed by atoms with E-state index in [-0.39, 0.29) is 11.8 Å². The van der Waals surface area contributed by atoms with Gasteiger partial charge in [-0.2, -0.15) is 0 Å². The van der Waals surface area contributed by atoms with Crippen LogP contribution >= 0.6 is 0 Å². The molecule has 0 saturated carbocycles. The molecule has 1 atom stereocenters. The summed E-state index contributed by atoms with van der Waals surface area (Å²) in [6.45, 7) is 7.81. The van der Waals surface area contributed by atoms with Gasteiger partial charge in [-0.15, -0.1) is 0 Å². The minimum Gasteiger partial charge on any atom is -0.497 e. The number of benzene rings is 1. The molecule has 0 saturated heterocycles. The van der Waals surface area contributed by atoms with Crippen LogP contribution in [0.3, 0.4) is 0 Å². The third kappa shape index (κ3) is 3.62. The number of carbonyl (C=O) groups excluding carboxylic acids is 1. The third-order valence-corrected chi connectivity index (χ3v) is 5.30. The monoisotopic (exact) mass is 355 g/mol. The lowest BCUT2D eigenvalue weighted by Gasteiger charge is -2.28. The standard InChI is InChI=1S/C21H29N3O2/c1-14(2)21-22-18-13-24(10-9-19(18)23(21)4)20(25)11-15(3)16-7-6-8-17(12-16)26-5/h6-8,12,14-15H,9-11,13H2,1-5H3. The molecule has 2 heterocycles. The Bertz CT molecular complexity index is 795. The fraction of sp³-hybridized carbons (Fsp3) is 0.524. The van der Waals surface area contributed by atoms with Gasteiger partial charge in [-0.1, -0.05) is 32.9 Å². The van der Waals surface area contributed by atoms with Crippen LogP contribution in [0.2, 0.25) is 0 Å². The van der Waals surface area contributed by atoms with E-state index in [4.69, 9.17) is 9.72 Å². The average Bonchev–Trinajstić information content (AvgIpc) is 2.98. The summed E-state index contributed by atoms with van der Waals surface area (Å²) in [6, 6.07) is 7.98. The molecular formula is C21H29N3O2. The maximum absolute atomic E-state index is 12.8. The summed E-state index contributed by atoms with van der Waals surface area (Å²) >= 11 is 0. The number of rotatable bonds is 5. The molecule has 0 fully saturated rings. The summed E-state index contributed by atoms with van der Waals surface area (Å²) < 4.78 is 7.50. The summed E-state index contributed by atoms with van der Waals surface area (Å²) in [5.41, 5.74) is 3.47. The number of hydrogen-bond acceptors (Lipinski definition) is 3. The lowest BCUT2D eigenvalue weighted by Crippen LogP contribution is -2.36. The van der Waals surface area contributed by atoms with Crippen molar-refractivity contribution in [2.24, 2.45) is 7.05 Å². The number of ether oxygens (including phenoxy) is 1. The van der Waals surface area contributed by atoms with Gasteiger partial charge < -0.3 is 14.2 Å². The third-order valence-electron chi connectivity index (χ3n) is 5.30.